The van der Waals surface area contributed by atoms with Crippen molar-refractivity contribution >= 4 is 64.8 Å². The van der Waals surface area contributed by atoms with Crippen LogP contribution >= 0.6 is 38.6 Å². The maximum absolute atomic E-state index is 13.0. The summed E-state index contributed by atoms with van der Waals surface area (Å²) in [6.45, 7) is 4.63. The van der Waals surface area contributed by atoms with Crippen LogP contribution in [-0.2, 0) is 21.4 Å². The van der Waals surface area contributed by atoms with E-state index in [1.165, 1.54) is 15.6 Å². The Balaban J connectivity index is 1.74. The first-order valence-electron chi connectivity index (χ1n) is 8.95. The van der Waals surface area contributed by atoms with E-state index in [1.807, 2.05) is 22.8 Å². The van der Waals surface area contributed by atoms with Gasteiger partial charge < -0.3 is 4.57 Å². The zero-order chi connectivity index (χ0) is 20.6. The molecular formula is C19H18BrN3O3S3. The summed E-state index contributed by atoms with van der Waals surface area (Å²) in [7, 11) is -3.69. The lowest BCUT2D eigenvalue weighted by atomic mass is 10.2. The zero-order valence-electron chi connectivity index (χ0n) is 15.3. The Kier molecular flexibility index (Phi) is 5.90. The van der Waals surface area contributed by atoms with Gasteiger partial charge in [0.05, 0.1) is 10.2 Å². The van der Waals surface area contributed by atoms with Crippen LogP contribution in [0.2, 0.25) is 0 Å². The lowest BCUT2D eigenvalue weighted by Gasteiger charge is -2.20. The van der Waals surface area contributed by atoms with Gasteiger partial charge in [-0.2, -0.15) is 9.30 Å². The van der Waals surface area contributed by atoms with Gasteiger partial charge in [0.15, 0.2) is 4.80 Å². The molecule has 3 heterocycles. The van der Waals surface area contributed by atoms with Crippen molar-refractivity contribution in [1.29, 1.82) is 0 Å². The standard InChI is InChI=1S/C19H18BrN3O3S3/c1-2-9-22-14-8-7-13(20)12-16(14)28-19(22)21-18(24)15-5-3-10-23(15)29(25,26)17-6-4-11-27-17/h2,4,6-8,11-12,15H,1,3,5,9-10H2. The first-order valence-corrected chi connectivity index (χ1v) is 12.9. The number of allylic oxidation sites excluding steroid dienone is 1. The van der Waals surface area contributed by atoms with E-state index in [-0.39, 0.29) is 4.21 Å². The fraction of sp³-hybridized carbons (Fsp3) is 0.263. The largest absolute Gasteiger partial charge is 0.313 e. The van der Waals surface area contributed by atoms with Gasteiger partial charge in [-0.15, -0.1) is 17.9 Å². The van der Waals surface area contributed by atoms with Crippen molar-refractivity contribution in [1.82, 2.24) is 8.87 Å². The molecular weight excluding hydrogens is 494 g/mol. The van der Waals surface area contributed by atoms with Crippen molar-refractivity contribution in [3.05, 3.63) is 57.6 Å². The van der Waals surface area contributed by atoms with Gasteiger partial charge in [-0.05, 0) is 42.5 Å². The first kappa shape index (κ1) is 20.7. The number of carbonyl (C=O) groups excluding carboxylic acids is 1. The number of fused-ring (bicyclic) bond motifs is 1. The number of amides is 1. The number of carbonyl (C=O) groups is 1. The molecule has 0 bridgehead atoms. The number of thiazole rings is 1. The minimum atomic E-state index is -3.69. The van der Waals surface area contributed by atoms with Gasteiger partial charge in [0.2, 0.25) is 0 Å². The molecule has 0 spiro atoms. The van der Waals surface area contributed by atoms with Gasteiger partial charge >= 0.3 is 0 Å². The molecule has 29 heavy (non-hydrogen) atoms. The molecule has 1 aromatic carbocycles. The number of hydrogen-bond donors (Lipinski definition) is 0. The topological polar surface area (TPSA) is 71.7 Å². The third kappa shape index (κ3) is 3.91. The quantitative estimate of drug-likeness (QED) is 0.486. The summed E-state index contributed by atoms with van der Waals surface area (Å²) in [4.78, 5) is 17.9. The Morgan fingerprint density at radius 1 is 1.38 bits per heavy atom. The number of thiophene rings is 1. The predicted octanol–water partition coefficient (Wildman–Crippen LogP) is 3.99. The second-order valence-electron chi connectivity index (χ2n) is 6.55. The normalized spacial score (nSPS) is 18.5. The molecule has 1 unspecified atom stereocenters. The average Bonchev–Trinajstić information content (AvgIpc) is 3.42. The summed E-state index contributed by atoms with van der Waals surface area (Å²) >= 11 is 6.03. The van der Waals surface area contributed by atoms with Crippen LogP contribution in [0, 0.1) is 0 Å². The minimum absolute atomic E-state index is 0.255. The Labute approximate surface area is 185 Å². The number of sulfonamides is 1. The molecule has 10 heteroatoms. The van der Waals surface area contributed by atoms with E-state index in [0.717, 1.165) is 26.0 Å². The van der Waals surface area contributed by atoms with Gasteiger partial charge in [-0.1, -0.05) is 39.4 Å². The summed E-state index contributed by atoms with van der Waals surface area (Å²) in [6.07, 6.45) is 2.87. The molecule has 4 rings (SSSR count). The number of rotatable bonds is 5. The summed E-state index contributed by atoms with van der Waals surface area (Å²) in [6, 6.07) is 8.38. The number of benzene rings is 1. The SMILES string of the molecule is C=CCn1c(=NC(=O)C2CCCN2S(=O)(=O)c2cccs2)sc2cc(Br)ccc21. The first-order chi connectivity index (χ1) is 13.9. The summed E-state index contributed by atoms with van der Waals surface area (Å²) in [5.41, 5.74) is 0.958. The number of aromatic nitrogens is 1. The summed E-state index contributed by atoms with van der Waals surface area (Å²) < 4.78 is 31.3. The van der Waals surface area contributed by atoms with E-state index in [2.05, 4.69) is 27.5 Å². The number of hydrogen-bond acceptors (Lipinski definition) is 5. The molecule has 1 fully saturated rings. The van der Waals surface area contributed by atoms with Gasteiger partial charge in [0, 0.05) is 17.6 Å². The van der Waals surface area contributed by atoms with Crippen molar-refractivity contribution in [3.8, 4) is 0 Å². The van der Waals surface area contributed by atoms with Crippen molar-refractivity contribution in [2.45, 2.75) is 29.6 Å². The third-order valence-electron chi connectivity index (χ3n) is 4.71. The van der Waals surface area contributed by atoms with E-state index in [9.17, 15) is 13.2 Å². The van der Waals surface area contributed by atoms with E-state index in [0.29, 0.717) is 30.7 Å². The smallest absolute Gasteiger partial charge is 0.266 e. The fourth-order valence-electron chi connectivity index (χ4n) is 3.41. The Morgan fingerprint density at radius 3 is 2.93 bits per heavy atom. The van der Waals surface area contributed by atoms with Gasteiger partial charge in [0.1, 0.15) is 10.3 Å². The van der Waals surface area contributed by atoms with E-state index in [4.69, 9.17) is 0 Å². The van der Waals surface area contributed by atoms with E-state index in [1.54, 1.807) is 23.6 Å². The van der Waals surface area contributed by atoms with Gasteiger partial charge in [0.25, 0.3) is 15.9 Å². The molecule has 0 aliphatic carbocycles. The molecule has 2 aromatic heterocycles. The molecule has 1 amide bonds. The highest BCUT2D eigenvalue weighted by atomic mass is 79.9. The third-order valence-corrected chi connectivity index (χ3v) is 9.52. The molecule has 1 saturated heterocycles. The highest BCUT2D eigenvalue weighted by molar-refractivity contribution is 9.10. The predicted molar refractivity (Wildman–Crippen MR) is 120 cm³/mol. The molecule has 6 nitrogen and oxygen atoms in total. The number of halogens is 1. The lowest BCUT2D eigenvalue weighted by Crippen LogP contribution is -2.40. The summed E-state index contributed by atoms with van der Waals surface area (Å²) in [5.74, 6) is -0.425. The molecule has 152 valence electrons. The summed E-state index contributed by atoms with van der Waals surface area (Å²) in [5, 5.41) is 1.72. The van der Waals surface area contributed by atoms with E-state index < -0.39 is 22.0 Å². The molecule has 0 N–H and O–H groups in total. The molecule has 1 atom stereocenters. The van der Waals surface area contributed by atoms with Crippen LogP contribution in [0.25, 0.3) is 10.2 Å². The lowest BCUT2D eigenvalue weighted by molar-refractivity contribution is -0.121. The zero-order valence-corrected chi connectivity index (χ0v) is 19.4. The maximum atomic E-state index is 13.0. The molecule has 1 aliphatic heterocycles. The second-order valence-corrected chi connectivity index (χ2v) is 11.5. The Bertz CT molecular complexity index is 1240. The van der Waals surface area contributed by atoms with Crippen LogP contribution in [0.3, 0.4) is 0 Å². The fourth-order valence-corrected chi connectivity index (χ4v) is 7.77. The van der Waals surface area contributed by atoms with Crippen LogP contribution in [0.4, 0.5) is 0 Å². The van der Waals surface area contributed by atoms with E-state index >= 15 is 0 Å². The van der Waals surface area contributed by atoms with Crippen LogP contribution in [-0.4, -0.2) is 35.8 Å². The number of nitrogens with zero attached hydrogens (tertiary/aromatic N) is 3. The van der Waals surface area contributed by atoms with Crippen molar-refractivity contribution in [2.75, 3.05) is 6.54 Å². The van der Waals surface area contributed by atoms with Crippen LogP contribution in [0.15, 0.2) is 62.0 Å². The van der Waals surface area contributed by atoms with Crippen molar-refractivity contribution < 1.29 is 13.2 Å². The van der Waals surface area contributed by atoms with Crippen molar-refractivity contribution in [3.63, 3.8) is 0 Å². The highest BCUT2D eigenvalue weighted by Gasteiger charge is 2.39. The molecule has 0 saturated carbocycles. The highest BCUT2D eigenvalue weighted by Crippen LogP contribution is 2.29. The monoisotopic (exact) mass is 511 g/mol. The molecule has 1 aliphatic rings. The average molecular weight is 512 g/mol. The van der Waals surface area contributed by atoms with Gasteiger partial charge in [-0.25, -0.2) is 8.42 Å². The molecule has 0 radical (unpaired) electrons. The minimum Gasteiger partial charge on any atom is -0.313 e. The van der Waals surface area contributed by atoms with Crippen LogP contribution in [0.1, 0.15) is 12.8 Å². The van der Waals surface area contributed by atoms with Crippen LogP contribution < -0.4 is 4.80 Å². The second kappa shape index (κ2) is 8.27. The van der Waals surface area contributed by atoms with Gasteiger partial charge in [-0.3, -0.25) is 4.79 Å². The Hall–Kier alpha value is -1.59. The Morgan fingerprint density at radius 2 is 2.21 bits per heavy atom. The maximum Gasteiger partial charge on any atom is 0.266 e. The van der Waals surface area contributed by atoms with Crippen LogP contribution in [0.5, 0.6) is 0 Å². The van der Waals surface area contributed by atoms with Crippen molar-refractivity contribution in [2.24, 2.45) is 4.99 Å². The molecule has 3 aromatic rings.